The van der Waals surface area contributed by atoms with E-state index in [0.717, 1.165) is 13.2 Å². The van der Waals surface area contributed by atoms with Gasteiger partial charge in [0, 0.05) is 13.2 Å². The molecule has 2 rings (SSSR count). The van der Waals surface area contributed by atoms with Crippen molar-refractivity contribution in [2.75, 3.05) is 26.4 Å². The van der Waals surface area contributed by atoms with Crippen LogP contribution in [-0.2, 0) is 18.9 Å². The molecule has 5 heteroatoms. The second-order valence-electron chi connectivity index (χ2n) is 2.65. The molecule has 2 aliphatic rings. The van der Waals surface area contributed by atoms with Gasteiger partial charge in [0.05, 0.1) is 13.2 Å². The number of rotatable bonds is 4. The topological polar surface area (TPSA) is 43.5 Å². The molecule has 0 saturated carbocycles. The van der Waals surface area contributed by atoms with Crippen LogP contribution in [0.25, 0.3) is 0 Å². The molecule has 4 nitrogen and oxygen atoms in total. The summed E-state index contributed by atoms with van der Waals surface area (Å²) in [6.07, 6.45) is 0.727. The fourth-order valence-corrected chi connectivity index (χ4v) is 0.591. The van der Waals surface area contributed by atoms with Crippen molar-refractivity contribution in [2.45, 2.75) is 12.2 Å². The largest absolute Gasteiger partial charge is 0.553 e. The Labute approximate surface area is 72.7 Å². The molecule has 0 amide bonds. The molecule has 0 spiro atoms. The van der Waals surface area contributed by atoms with Gasteiger partial charge in [-0.15, -0.1) is 0 Å². The molecule has 0 bridgehead atoms. The van der Waals surface area contributed by atoms with Gasteiger partial charge in [-0.2, -0.15) is 0 Å². The second-order valence-corrected chi connectivity index (χ2v) is 2.65. The SMILES string of the molecule is [CH2-]OCC1CO1.[CH2-]OCC1CO1.[Rf]. The smallest absolute Gasteiger partial charge is 0.101 e. The Kier molecular flexibility index (Phi) is 5.80. The minimum absolute atomic E-state index is 0. The van der Waals surface area contributed by atoms with Crippen LogP contribution >= 0.6 is 0 Å². The first-order valence-electron chi connectivity index (χ1n) is 3.84. The minimum Gasteiger partial charge on any atom is -0.553 e. The summed E-state index contributed by atoms with van der Waals surface area (Å²) < 4.78 is 18.5. The summed E-state index contributed by atoms with van der Waals surface area (Å²) in [5, 5.41) is 0. The molecule has 2 heterocycles. The number of hydrogen-bond acceptors (Lipinski definition) is 4. The normalized spacial score (nSPS) is 28.2. The zero-order valence-corrected chi connectivity index (χ0v) is 14.1. The van der Waals surface area contributed by atoms with Crippen LogP contribution in [0, 0.1) is 14.2 Å². The maximum atomic E-state index is 4.78. The Balaban J connectivity index is 0.000000206. The first-order chi connectivity index (χ1) is 5.86. The summed E-state index contributed by atoms with van der Waals surface area (Å²) in [7, 11) is 6.37. The fourth-order valence-electron chi connectivity index (χ4n) is 0.591. The van der Waals surface area contributed by atoms with Gasteiger partial charge in [0.1, 0.15) is 12.2 Å². The molecule has 0 aromatic carbocycles. The number of ether oxygens (including phenoxy) is 4. The molecule has 2 atom stereocenters. The summed E-state index contributed by atoms with van der Waals surface area (Å²) in [6, 6.07) is 0. The zero-order chi connectivity index (χ0) is 8.81. The summed E-state index contributed by atoms with van der Waals surface area (Å²) in [4.78, 5) is 0. The van der Waals surface area contributed by atoms with E-state index in [1.807, 2.05) is 0 Å². The molecule has 2 unspecified atom stereocenters. The molecule has 74 valence electrons. The summed E-state index contributed by atoms with van der Waals surface area (Å²) in [5.41, 5.74) is 0. The monoisotopic (exact) mass is 441 g/mol. The van der Waals surface area contributed by atoms with E-state index in [4.69, 9.17) is 9.47 Å². The number of hydrogen-bond donors (Lipinski definition) is 0. The van der Waals surface area contributed by atoms with Crippen LogP contribution < -0.4 is 0 Å². The quantitative estimate of drug-likeness (QED) is 0.468. The van der Waals surface area contributed by atoms with Crippen LogP contribution in [0.1, 0.15) is 0 Å². The van der Waals surface area contributed by atoms with E-state index >= 15 is 0 Å². The summed E-state index contributed by atoms with van der Waals surface area (Å²) in [6.45, 7) is 3.02. The third-order valence-electron chi connectivity index (χ3n) is 1.41. The Hall–Kier alpha value is -1.16. The first-order valence-corrected chi connectivity index (χ1v) is 3.84. The van der Waals surface area contributed by atoms with E-state index in [-0.39, 0.29) is 0 Å². The van der Waals surface area contributed by atoms with E-state index in [1.165, 1.54) is 0 Å². The molecular weight excluding hydrogens is 427 g/mol. The van der Waals surface area contributed by atoms with Crippen LogP contribution in [0.2, 0.25) is 0 Å². The first kappa shape index (κ1) is 11.8. The second kappa shape index (κ2) is 6.37. The molecule has 0 aliphatic carbocycles. The Morgan fingerprint density at radius 3 is 1.38 bits per heavy atom. The fraction of sp³-hybridized carbons (Fsp3) is 0.750. The molecule has 0 N–H and O–H groups in total. The maximum absolute atomic E-state index is 4.78. The van der Waals surface area contributed by atoms with Crippen LogP contribution in [0.4, 0.5) is 0 Å². The van der Waals surface area contributed by atoms with E-state index in [0.29, 0.717) is 25.4 Å². The van der Waals surface area contributed by atoms with Crippen molar-refractivity contribution < 1.29 is 18.9 Å². The van der Waals surface area contributed by atoms with Gasteiger partial charge in [-0.25, -0.2) is 14.2 Å². The van der Waals surface area contributed by atoms with Gasteiger partial charge >= 0.3 is 0 Å². The van der Waals surface area contributed by atoms with E-state index in [1.54, 1.807) is 0 Å². The van der Waals surface area contributed by atoms with Gasteiger partial charge in [-0.05, 0) is 0 Å². The molecular formula is C8H14O4Rf-2. The van der Waals surface area contributed by atoms with Crippen LogP contribution in [0.5, 0.6) is 0 Å². The van der Waals surface area contributed by atoms with Crippen molar-refractivity contribution in [1.82, 2.24) is 0 Å². The van der Waals surface area contributed by atoms with Crippen LogP contribution in [0.15, 0.2) is 0 Å². The van der Waals surface area contributed by atoms with Gasteiger partial charge < -0.3 is 18.9 Å². The van der Waals surface area contributed by atoms with Crippen molar-refractivity contribution in [3.05, 3.63) is 14.2 Å². The molecule has 2 aliphatic heterocycles. The molecule has 0 aromatic rings. The van der Waals surface area contributed by atoms with Crippen molar-refractivity contribution >= 4 is 0 Å². The third kappa shape index (κ3) is 7.21. The predicted molar refractivity (Wildman–Crippen MR) is 42.1 cm³/mol. The number of epoxide rings is 2. The molecule has 13 heavy (non-hydrogen) atoms. The third-order valence-corrected chi connectivity index (χ3v) is 1.41. The van der Waals surface area contributed by atoms with Gasteiger partial charge in [-0.3, -0.25) is 0 Å². The van der Waals surface area contributed by atoms with E-state index in [9.17, 15) is 0 Å². The van der Waals surface area contributed by atoms with Crippen molar-refractivity contribution in [3.63, 3.8) is 0 Å². The van der Waals surface area contributed by atoms with Crippen molar-refractivity contribution in [1.29, 1.82) is 0 Å². The summed E-state index contributed by atoms with van der Waals surface area (Å²) in [5.74, 6) is 0. The molecule has 2 fully saturated rings. The van der Waals surface area contributed by atoms with Gasteiger partial charge in [0.25, 0.3) is 0 Å². The van der Waals surface area contributed by atoms with Crippen LogP contribution in [-0.4, -0.2) is 38.6 Å². The predicted octanol–water partition coefficient (Wildman–Crippen LogP) is 0.387. The Morgan fingerprint density at radius 1 is 1.00 bits per heavy atom. The van der Waals surface area contributed by atoms with Gasteiger partial charge in [-0.1, -0.05) is 0 Å². The van der Waals surface area contributed by atoms with E-state index in [2.05, 4.69) is 23.7 Å². The Morgan fingerprint density at radius 2 is 1.31 bits per heavy atom. The van der Waals surface area contributed by atoms with Crippen molar-refractivity contribution in [2.24, 2.45) is 0 Å². The standard InChI is InChI=1S/2C4H7O2.Rf/c2*1-5-2-4-3-6-4;/h2*4H,1-3H2;/q2*-1;. The molecule has 2 saturated heterocycles. The minimum atomic E-state index is 0. The van der Waals surface area contributed by atoms with Crippen molar-refractivity contribution in [3.8, 4) is 0 Å². The zero-order valence-electron chi connectivity index (χ0n) is 7.74. The molecule has 0 radical (unpaired) electrons. The average molecular weight is 441 g/mol. The van der Waals surface area contributed by atoms with E-state index < -0.39 is 0 Å². The van der Waals surface area contributed by atoms with Gasteiger partial charge in [0.2, 0.25) is 0 Å². The molecule has 0 aromatic heterocycles. The summed E-state index contributed by atoms with van der Waals surface area (Å²) >= 11 is 0. The maximum Gasteiger partial charge on any atom is 0.101 e. The van der Waals surface area contributed by atoms with Gasteiger partial charge in [0.15, 0.2) is 0 Å². The Bertz CT molecular complexity index is 101. The van der Waals surface area contributed by atoms with Crippen LogP contribution in [0.3, 0.4) is 0 Å². The average Bonchev–Trinajstić information content (AvgIpc) is 2.81.